The van der Waals surface area contributed by atoms with Crippen molar-refractivity contribution in [3.05, 3.63) is 221 Å². The summed E-state index contributed by atoms with van der Waals surface area (Å²) < 4.78 is 103. The highest BCUT2D eigenvalue weighted by Crippen LogP contribution is 2.52. The van der Waals surface area contributed by atoms with E-state index < -0.39 is 36.0 Å². The van der Waals surface area contributed by atoms with Crippen molar-refractivity contribution < 1.29 is 30.9 Å². The summed E-state index contributed by atoms with van der Waals surface area (Å²) in [6.45, 7) is 0. The fourth-order valence-electron chi connectivity index (χ4n) is 8.54. The number of hydrogen-bond donors (Lipinski definition) is 0. The van der Waals surface area contributed by atoms with E-state index in [0.29, 0.717) is 32.4 Å². The van der Waals surface area contributed by atoms with Crippen LogP contribution < -0.4 is 15.9 Å². The minimum Gasteiger partial charge on any atom is -0.309 e. The lowest BCUT2D eigenvalue weighted by molar-refractivity contribution is -0.138. The molecule has 9 aromatic carbocycles. The van der Waals surface area contributed by atoms with Gasteiger partial charge in [-0.15, -0.1) is 0 Å². The molecule has 0 aromatic heterocycles. The molecule has 0 amide bonds. The Balaban J connectivity index is 1.44. The molecule has 9 aromatic rings. The predicted molar refractivity (Wildman–Crippen MR) is 218 cm³/mol. The van der Waals surface area contributed by atoms with E-state index in [4.69, 9.17) is 0 Å². The maximum absolute atomic E-state index is 15.4. The monoisotopic (exact) mass is 780 g/mol. The van der Waals surface area contributed by atoms with Gasteiger partial charge in [-0.25, -0.2) is 0 Å². The van der Waals surface area contributed by atoms with Crippen LogP contribution >= 0.6 is 7.14 Å². The van der Waals surface area contributed by atoms with Gasteiger partial charge in [0, 0.05) is 15.9 Å². The summed E-state index contributed by atoms with van der Waals surface area (Å²) in [4.78, 5) is 0. The third-order valence-electron chi connectivity index (χ3n) is 11.1. The second-order valence-electron chi connectivity index (χ2n) is 14.2. The predicted octanol–water partition coefficient (Wildman–Crippen LogP) is 12.6. The molecule has 0 aliphatic rings. The molecule has 0 saturated carbocycles. The topological polar surface area (TPSA) is 17.1 Å². The lowest BCUT2D eigenvalue weighted by Gasteiger charge is -2.39. The Labute approximate surface area is 324 Å². The van der Waals surface area contributed by atoms with Gasteiger partial charge in [-0.3, -0.25) is 0 Å². The maximum Gasteiger partial charge on any atom is 0.416 e. The maximum atomic E-state index is 15.4. The number of rotatable bonds is 7. The molecule has 8 heteroatoms. The van der Waals surface area contributed by atoms with E-state index in [1.165, 1.54) is 12.1 Å². The molecule has 0 N–H and O–H groups in total. The van der Waals surface area contributed by atoms with E-state index in [1.807, 2.05) is 66.7 Å². The zero-order valence-electron chi connectivity index (χ0n) is 30.0. The van der Waals surface area contributed by atoms with Crippen molar-refractivity contribution in [2.45, 2.75) is 17.8 Å². The quantitative estimate of drug-likeness (QED) is 0.0681. The number of benzene rings is 9. The van der Waals surface area contributed by atoms with Gasteiger partial charge >= 0.3 is 12.4 Å². The van der Waals surface area contributed by atoms with Gasteiger partial charge < -0.3 is 4.57 Å². The summed E-state index contributed by atoms with van der Waals surface area (Å²) >= 11 is 0. The van der Waals surface area contributed by atoms with Crippen LogP contribution in [-0.4, -0.2) is 0 Å². The summed E-state index contributed by atoms with van der Waals surface area (Å²) in [5.74, 6) is 0. The minimum atomic E-state index is -4.75. The normalized spacial score (nSPS) is 12.8. The first-order chi connectivity index (χ1) is 27.4. The van der Waals surface area contributed by atoms with Crippen molar-refractivity contribution >= 4 is 55.4 Å². The van der Waals surface area contributed by atoms with E-state index in [1.54, 1.807) is 84.9 Å². The molecule has 0 aliphatic carbocycles. The van der Waals surface area contributed by atoms with Crippen LogP contribution in [0.15, 0.2) is 188 Å². The number of alkyl halides is 6. The third kappa shape index (κ3) is 5.91. The lowest BCUT2D eigenvalue weighted by atomic mass is 9.63. The Kier molecular flexibility index (Phi) is 8.63. The summed E-state index contributed by atoms with van der Waals surface area (Å²) in [5.41, 5.74) is -2.51. The van der Waals surface area contributed by atoms with Gasteiger partial charge in [0.05, 0.1) is 16.5 Å². The van der Waals surface area contributed by atoms with Crippen LogP contribution in [0.25, 0.3) is 32.3 Å². The smallest absolute Gasteiger partial charge is 0.309 e. The molecule has 0 aliphatic heterocycles. The Morgan fingerprint density at radius 1 is 0.351 bits per heavy atom. The van der Waals surface area contributed by atoms with Crippen LogP contribution in [0.3, 0.4) is 0 Å². The molecular formula is C49H31F6OP. The van der Waals surface area contributed by atoms with E-state index >= 15 is 4.57 Å². The molecular weight excluding hydrogens is 749 g/mol. The van der Waals surface area contributed by atoms with Crippen molar-refractivity contribution in [2.75, 3.05) is 0 Å². The van der Waals surface area contributed by atoms with Gasteiger partial charge in [0.1, 0.15) is 0 Å². The van der Waals surface area contributed by atoms with Gasteiger partial charge in [-0.2, -0.15) is 26.3 Å². The molecule has 57 heavy (non-hydrogen) atoms. The van der Waals surface area contributed by atoms with Gasteiger partial charge in [0.2, 0.25) is 0 Å². The molecule has 0 spiro atoms. The van der Waals surface area contributed by atoms with Crippen LogP contribution in [0.1, 0.15) is 33.4 Å². The Hall–Kier alpha value is -6.17. The van der Waals surface area contributed by atoms with Gasteiger partial charge in [-0.05, 0) is 72.8 Å². The molecule has 0 bridgehead atoms. The van der Waals surface area contributed by atoms with Gasteiger partial charge in [0.15, 0.2) is 7.14 Å². The molecule has 0 radical (unpaired) electrons. The number of hydrogen-bond acceptors (Lipinski definition) is 1. The van der Waals surface area contributed by atoms with Crippen molar-refractivity contribution in [1.29, 1.82) is 0 Å². The Morgan fingerprint density at radius 3 is 1.32 bits per heavy atom. The van der Waals surface area contributed by atoms with Gasteiger partial charge in [-0.1, -0.05) is 170 Å². The summed E-state index contributed by atoms with van der Waals surface area (Å²) in [5, 5.41) is 6.70. The first-order valence-electron chi connectivity index (χ1n) is 18.2. The fourth-order valence-corrected chi connectivity index (χ4v) is 11.2. The molecule has 0 fully saturated rings. The Bertz CT molecular complexity index is 2850. The van der Waals surface area contributed by atoms with Gasteiger partial charge in [0.25, 0.3) is 0 Å². The van der Waals surface area contributed by atoms with Crippen molar-refractivity contribution in [3.63, 3.8) is 0 Å². The van der Waals surface area contributed by atoms with E-state index in [-0.39, 0.29) is 11.1 Å². The second-order valence-corrected chi connectivity index (χ2v) is 17.0. The van der Waals surface area contributed by atoms with Crippen LogP contribution in [0.5, 0.6) is 0 Å². The number of halogens is 6. The first-order valence-corrected chi connectivity index (χ1v) is 20.0. The minimum absolute atomic E-state index is 0.119. The highest BCUT2D eigenvalue weighted by molar-refractivity contribution is 7.85. The molecule has 0 atom stereocenters. The Morgan fingerprint density at radius 2 is 0.789 bits per heavy atom. The molecule has 0 unspecified atom stereocenters. The highest BCUT2D eigenvalue weighted by atomic mass is 31.2. The molecule has 280 valence electrons. The zero-order valence-corrected chi connectivity index (χ0v) is 30.9. The fraction of sp³-hybridized carbons (Fsp3) is 0.0612. The average molecular weight is 781 g/mol. The summed E-state index contributed by atoms with van der Waals surface area (Å²) in [6.07, 6.45) is -9.51. The van der Waals surface area contributed by atoms with Crippen LogP contribution in [0.2, 0.25) is 0 Å². The molecule has 1 nitrogen and oxygen atoms in total. The van der Waals surface area contributed by atoms with Crippen molar-refractivity contribution in [1.82, 2.24) is 0 Å². The standard InChI is InChI=1S/C49H31F6OP/c50-48(51,52)38-16-9-14-36(30-38)47(37-15-10-17-39(31-37)49(53,54)55,44-29-34-13-7-11-32-23-24-33-12-8-22-43(44)46(33)45(32)34)35-25-27-42(28-26-35)57(56,40-18-3-1-4-19-40)41-20-5-2-6-21-41/h1-31H. The lowest BCUT2D eigenvalue weighted by Crippen LogP contribution is -2.33. The SMILES string of the molecule is O=P(c1ccccc1)(c1ccccc1)c1ccc(C(c2cccc(C(F)(F)F)c2)(c2cccc(C(F)(F)F)c2)c2cc3cccc4ccc5cccc2c5c43)cc1. The van der Waals surface area contributed by atoms with Crippen LogP contribution in [-0.2, 0) is 22.3 Å². The third-order valence-corrected chi connectivity index (χ3v) is 14.1. The zero-order chi connectivity index (χ0) is 39.6. The molecule has 9 rings (SSSR count). The van der Waals surface area contributed by atoms with Crippen LogP contribution in [0.4, 0.5) is 26.3 Å². The largest absolute Gasteiger partial charge is 0.416 e. The van der Waals surface area contributed by atoms with E-state index in [2.05, 4.69) is 0 Å². The summed E-state index contributed by atoms with van der Waals surface area (Å²) in [7, 11) is -3.51. The first kappa shape index (κ1) is 36.5. The molecule has 0 heterocycles. The van der Waals surface area contributed by atoms with E-state index in [0.717, 1.165) is 51.2 Å². The van der Waals surface area contributed by atoms with Crippen molar-refractivity contribution in [3.8, 4) is 0 Å². The van der Waals surface area contributed by atoms with Crippen molar-refractivity contribution in [2.24, 2.45) is 0 Å². The average Bonchev–Trinajstić information content (AvgIpc) is 3.23. The van der Waals surface area contributed by atoms with Crippen LogP contribution in [0, 0.1) is 0 Å². The molecule has 0 saturated heterocycles. The second kappa shape index (κ2) is 13.5. The highest BCUT2D eigenvalue weighted by Gasteiger charge is 2.44. The van der Waals surface area contributed by atoms with E-state index in [9.17, 15) is 26.3 Å². The summed E-state index contributed by atoms with van der Waals surface area (Å²) in [6, 6.07) is 51.9.